The van der Waals surface area contributed by atoms with Crippen molar-refractivity contribution >= 4 is 11.8 Å². The van der Waals surface area contributed by atoms with Gasteiger partial charge in [-0.05, 0) is 43.4 Å². The Hall–Kier alpha value is -4.16. The smallest absolute Gasteiger partial charge is 0.336 e. The molecule has 3 aromatic carbocycles. The van der Waals surface area contributed by atoms with E-state index in [2.05, 4.69) is 17.4 Å². The number of allylic oxidation sites excluding steroid dienone is 3. The van der Waals surface area contributed by atoms with Gasteiger partial charge >= 0.3 is 5.97 Å². The Labute approximate surface area is 235 Å². The second-order valence-electron chi connectivity index (χ2n) is 10.1. The van der Waals surface area contributed by atoms with E-state index in [0.717, 1.165) is 22.4 Å². The van der Waals surface area contributed by atoms with Crippen LogP contribution in [-0.2, 0) is 25.7 Å². The summed E-state index contributed by atoms with van der Waals surface area (Å²) in [6.45, 7) is 5.14. The molecule has 1 N–H and O–H groups in total. The van der Waals surface area contributed by atoms with Crippen LogP contribution in [-0.4, -0.2) is 31.6 Å². The number of ether oxygens (including phenoxy) is 3. The Balaban J connectivity index is 1.53. The summed E-state index contributed by atoms with van der Waals surface area (Å²) in [5.41, 5.74) is 5.53. The van der Waals surface area contributed by atoms with Gasteiger partial charge in [-0.3, -0.25) is 4.79 Å². The van der Waals surface area contributed by atoms with Crippen molar-refractivity contribution in [3.05, 3.63) is 124 Å². The maximum absolute atomic E-state index is 13.9. The van der Waals surface area contributed by atoms with Crippen molar-refractivity contribution in [1.82, 2.24) is 5.32 Å². The number of carbonyl (C=O) groups excluding carboxylic acids is 2. The van der Waals surface area contributed by atoms with Crippen molar-refractivity contribution in [2.75, 3.05) is 19.8 Å². The van der Waals surface area contributed by atoms with E-state index in [1.54, 1.807) is 0 Å². The molecule has 0 spiro atoms. The molecule has 3 aromatic rings. The van der Waals surface area contributed by atoms with Gasteiger partial charge in [0.2, 0.25) is 0 Å². The van der Waals surface area contributed by atoms with Crippen LogP contribution in [0.25, 0.3) is 0 Å². The molecule has 0 radical (unpaired) electrons. The molecule has 1 heterocycles. The topological polar surface area (TPSA) is 73.9 Å². The van der Waals surface area contributed by atoms with Crippen molar-refractivity contribution in [2.45, 2.75) is 45.1 Å². The van der Waals surface area contributed by atoms with Crippen LogP contribution >= 0.6 is 0 Å². The molecule has 1 aliphatic carbocycles. The Kier molecular flexibility index (Phi) is 8.77. The summed E-state index contributed by atoms with van der Waals surface area (Å²) in [6.07, 6.45) is 1.05. The van der Waals surface area contributed by atoms with Crippen molar-refractivity contribution in [1.29, 1.82) is 0 Å². The summed E-state index contributed by atoms with van der Waals surface area (Å²) in [5.74, 6) is -0.338. The van der Waals surface area contributed by atoms with Crippen molar-refractivity contribution < 1.29 is 23.8 Å². The molecule has 0 saturated heterocycles. The van der Waals surface area contributed by atoms with Crippen molar-refractivity contribution in [3.8, 4) is 5.75 Å². The summed E-state index contributed by atoms with van der Waals surface area (Å²) in [7, 11) is 0. The molecule has 0 amide bonds. The Morgan fingerprint density at radius 3 is 2.35 bits per heavy atom. The summed E-state index contributed by atoms with van der Waals surface area (Å²) in [5, 5.41) is 3.42. The molecule has 5 rings (SSSR count). The van der Waals surface area contributed by atoms with Crippen LogP contribution in [0.3, 0.4) is 0 Å². The predicted octanol–water partition coefficient (Wildman–Crippen LogP) is 6.21. The van der Waals surface area contributed by atoms with Crippen LogP contribution in [0.1, 0.15) is 55.2 Å². The number of rotatable bonds is 10. The molecule has 0 bridgehead atoms. The third kappa shape index (κ3) is 6.02. The van der Waals surface area contributed by atoms with E-state index in [0.29, 0.717) is 55.3 Å². The van der Waals surface area contributed by atoms with E-state index >= 15 is 0 Å². The number of Topliss-reactive ketones (excluding diaryl/α,β-unsaturated/α-hetero) is 1. The van der Waals surface area contributed by atoms with Gasteiger partial charge in [0.05, 0.1) is 18.1 Å². The second-order valence-corrected chi connectivity index (χ2v) is 10.1. The lowest BCUT2D eigenvalue weighted by atomic mass is 9.71. The van der Waals surface area contributed by atoms with Gasteiger partial charge in [0.15, 0.2) is 5.78 Å². The fraction of sp³-hybridized carbons (Fsp3) is 0.294. The molecule has 0 saturated carbocycles. The number of para-hydroxylation sites is 1. The number of hydrogen-bond acceptors (Lipinski definition) is 6. The van der Waals surface area contributed by atoms with Crippen LogP contribution in [0.4, 0.5) is 0 Å². The van der Waals surface area contributed by atoms with Gasteiger partial charge in [0.25, 0.3) is 0 Å². The van der Waals surface area contributed by atoms with Crippen LogP contribution in [0.15, 0.2) is 107 Å². The normalized spacial score (nSPS) is 18.7. The first-order valence-corrected chi connectivity index (χ1v) is 13.9. The third-order valence-corrected chi connectivity index (χ3v) is 7.45. The molecule has 0 aromatic heterocycles. The zero-order valence-corrected chi connectivity index (χ0v) is 23.0. The third-order valence-electron chi connectivity index (χ3n) is 7.45. The number of ketones is 1. The van der Waals surface area contributed by atoms with E-state index < -0.39 is 11.9 Å². The minimum atomic E-state index is -0.605. The van der Waals surface area contributed by atoms with E-state index in [-0.39, 0.29) is 18.3 Å². The van der Waals surface area contributed by atoms with Crippen LogP contribution in [0.2, 0.25) is 0 Å². The highest BCUT2D eigenvalue weighted by Crippen LogP contribution is 2.47. The Morgan fingerprint density at radius 1 is 0.900 bits per heavy atom. The Morgan fingerprint density at radius 2 is 1.60 bits per heavy atom. The fourth-order valence-electron chi connectivity index (χ4n) is 5.58. The molecule has 1 aliphatic heterocycles. The highest BCUT2D eigenvalue weighted by atomic mass is 16.6. The predicted molar refractivity (Wildman–Crippen MR) is 154 cm³/mol. The zero-order valence-electron chi connectivity index (χ0n) is 23.0. The number of benzene rings is 3. The second kappa shape index (κ2) is 12.8. The minimum absolute atomic E-state index is 0.0255. The van der Waals surface area contributed by atoms with Crippen LogP contribution < -0.4 is 10.1 Å². The highest BCUT2D eigenvalue weighted by Gasteiger charge is 2.42. The number of nitrogens with one attached hydrogen (secondary N) is 1. The first-order chi connectivity index (χ1) is 19.6. The van der Waals surface area contributed by atoms with Gasteiger partial charge < -0.3 is 19.5 Å². The number of dihydropyridines is 1. The molecule has 40 heavy (non-hydrogen) atoms. The van der Waals surface area contributed by atoms with Gasteiger partial charge in [0.1, 0.15) is 19.0 Å². The van der Waals surface area contributed by atoms with E-state index in [1.807, 2.05) is 86.6 Å². The van der Waals surface area contributed by atoms with Crippen molar-refractivity contribution in [2.24, 2.45) is 0 Å². The van der Waals surface area contributed by atoms with E-state index in [1.165, 1.54) is 0 Å². The van der Waals surface area contributed by atoms with Gasteiger partial charge in [-0.2, -0.15) is 0 Å². The Bertz CT molecular complexity index is 1410. The van der Waals surface area contributed by atoms with Gasteiger partial charge in [0, 0.05) is 35.6 Å². The molecular formula is C34H35NO5. The average molecular weight is 538 g/mol. The molecule has 6 heteroatoms. The summed E-state index contributed by atoms with van der Waals surface area (Å²) in [6, 6.07) is 27.7. The minimum Gasteiger partial charge on any atom is -0.489 e. The lowest BCUT2D eigenvalue weighted by Gasteiger charge is -2.37. The summed E-state index contributed by atoms with van der Waals surface area (Å²) in [4.78, 5) is 27.5. The van der Waals surface area contributed by atoms with Crippen molar-refractivity contribution in [3.63, 3.8) is 0 Å². The monoisotopic (exact) mass is 537 g/mol. The van der Waals surface area contributed by atoms with Gasteiger partial charge in [-0.1, -0.05) is 78.9 Å². The van der Waals surface area contributed by atoms with Crippen LogP contribution in [0, 0.1) is 0 Å². The SMILES string of the molecule is CCOCCOC(=O)C1=C(C)NC2=C(C(=O)C[C@H](c3ccccc3)C2)[C@@H]1c1ccccc1OCc1ccccc1. The van der Waals surface area contributed by atoms with E-state index in [9.17, 15) is 9.59 Å². The zero-order chi connectivity index (χ0) is 27.9. The number of hydrogen-bond donors (Lipinski definition) is 1. The standard InChI is InChI=1S/C34H35NO5/c1-3-38-18-19-39-34(37)31-23(2)35-28-20-26(25-14-8-5-9-15-25)21-29(36)33(28)32(31)27-16-10-11-17-30(27)40-22-24-12-6-4-7-13-24/h4-17,26,32,35H,3,18-22H2,1-2H3/t26-,32-/m1/s1. The van der Waals surface area contributed by atoms with E-state index in [4.69, 9.17) is 14.2 Å². The molecular weight excluding hydrogens is 502 g/mol. The van der Waals surface area contributed by atoms with Gasteiger partial charge in [-0.25, -0.2) is 4.79 Å². The quantitative estimate of drug-likeness (QED) is 0.245. The summed E-state index contributed by atoms with van der Waals surface area (Å²) >= 11 is 0. The molecule has 2 atom stereocenters. The van der Waals surface area contributed by atoms with Crippen LogP contribution in [0.5, 0.6) is 5.75 Å². The summed E-state index contributed by atoms with van der Waals surface area (Å²) < 4.78 is 17.3. The average Bonchev–Trinajstić information content (AvgIpc) is 2.98. The molecule has 206 valence electrons. The van der Waals surface area contributed by atoms with Gasteiger partial charge in [-0.15, -0.1) is 0 Å². The molecule has 2 aliphatic rings. The first kappa shape index (κ1) is 27.4. The lowest BCUT2D eigenvalue weighted by molar-refractivity contribution is -0.140. The largest absolute Gasteiger partial charge is 0.489 e. The number of esters is 1. The highest BCUT2D eigenvalue weighted by molar-refractivity contribution is 6.04. The molecule has 0 unspecified atom stereocenters. The molecule has 6 nitrogen and oxygen atoms in total. The fourth-order valence-corrected chi connectivity index (χ4v) is 5.58. The maximum Gasteiger partial charge on any atom is 0.336 e. The number of carbonyl (C=O) groups is 2. The molecule has 0 fully saturated rings. The maximum atomic E-state index is 13.9. The lowest BCUT2D eigenvalue weighted by Crippen LogP contribution is -2.36. The first-order valence-electron chi connectivity index (χ1n) is 13.9.